The summed E-state index contributed by atoms with van der Waals surface area (Å²) < 4.78 is 7.25. The number of nitrogens with zero attached hydrogens (tertiary/aromatic N) is 6. The highest BCUT2D eigenvalue weighted by atomic mass is 16.6. The summed E-state index contributed by atoms with van der Waals surface area (Å²) in [7, 11) is 1.71. The molecule has 162 valence electrons. The first-order chi connectivity index (χ1) is 14.8. The number of nitro benzene ring substituents is 1. The number of anilines is 1. The number of aromatic nitrogens is 3. The molecule has 0 spiro atoms. The molecule has 1 aromatic carbocycles. The van der Waals surface area contributed by atoms with Gasteiger partial charge in [-0.15, -0.1) is 0 Å². The molecule has 0 unspecified atom stereocenters. The molecule has 1 aliphatic heterocycles. The van der Waals surface area contributed by atoms with Crippen molar-refractivity contribution in [2.45, 2.75) is 20.4 Å². The summed E-state index contributed by atoms with van der Waals surface area (Å²) in [6.07, 6.45) is 3.19. The second-order valence-electron chi connectivity index (χ2n) is 7.66. The van der Waals surface area contributed by atoms with Crippen LogP contribution in [0.4, 0.5) is 11.4 Å². The number of rotatable bonds is 6. The molecule has 0 N–H and O–H groups in total. The van der Waals surface area contributed by atoms with Gasteiger partial charge in [-0.25, -0.2) is 9.97 Å². The number of benzene rings is 1. The first-order valence-corrected chi connectivity index (χ1v) is 10.0. The quantitative estimate of drug-likeness (QED) is 0.337. The SMILES string of the molecule is Cc1nc(CN2CCN(c3ccc(C(=O)c4nccn4C)cc3[N+](=O)[O-])CC2)oc1C. The third kappa shape index (κ3) is 4.19. The molecular formula is C21H24N6O4. The Bertz CT molecular complexity index is 1110. The maximum atomic E-state index is 12.7. The van der Waals surface area contributed by atoms with E-state index < -0.39 is 4.92 Å². The topological polar surface area (TPSA) is 111 Å². The fourth-order valence-corrected chi connectivity index (χ4v) is 3.74. The Balaban J connectivity index is 1.48. The largest absolute Gasteiger partial charge is 0.444 e. The monoisotopic (exact) mass is 424 g/mol. The van der Waals surface area contributed by atoms with Crippen LogP contribution in [0.1, 0.15) is 33.5 Å². The first kappa shape index (κ1) is 20.7. The van der Waals surface area contributed by atoms with Crippen LogP contribution in [0.5, 0.6) is 0 Å². The van der Waals surface area contributed by atoms with Crippen molar-refractivity contribution < 1.29 is 14.1 Å². The van der Waals surface area contributed by atoms with Gasteiger partial charge in [-0.1, -0.05) is 0 Å². The van der Waals surface area contributed by atoms with Gasteiger partial charge in [0.25, 0.3) is 5.69 Å². The maximum absolute atomic E-state index is 12.7. The number of aryl methyl sites for hydroxylation is 3. The summed E-state index contributed by atoms with van der Waals surface area (Å²) in [5, 5.41) is 11.7. The van der Waals surface area contributed by atoms with Crippen LogP contribution < -0.4 is 4.90 Å². The van der Waals surface area contributed by atoms with Gasteiger partial charge in [-0.2, -0.15) is 0 Å². The van der Waals surface area contributed by atoms with Crippen LogP contribution in [0.2, 0.25) is 0 Å². The number of carbonyl (C=O) groups is 1. The average Bonchev–Trinajstić information content (AvgIpc) is 3.32. The molecule has 3 heterocycles. The molecule has 0 amide bonds. The van der Waals surface area contributed by atoms with Crippen molar-refractivity contribution in [2.24, 2.45) is 7.05 Å². The molecule has 0 radical (unpaired) electrons. The van der Waals surface area contributed by atoms with E-state index in [1.54, 1.807) is 29.9 Å². The fraction of sp³-hybridized carbons (Fsp3) is 0.381. The molecular weight excluding hydrogens is 400 g/mol. The average molecular weight is 424 g/mol. The Kier molecular flexibility index (Phi) is 5.55. The molecule has 3 aromatic rings. The van der Waals surface area contributed by atoms with E-state index in [0.29, 0.717) is 31.2 Å². The molecule has 1 fully saturated rings. The van der Waals surface area contributed by atoms with Crippen LogP contribution in [0.3, 0.4) is 0 Å². The number of nitro groups is 1. The number of imidazole rings is 1. The van der Waals surface area contributed by atoms with Crippen molar-refractivity contribution in [3.05, 3.63) is 69.4 Å². The van der Waals surface area contributed by atoms with Crippen LogP contribution in [0, 0.1) is 24.0 Å². The van der Waals surface area contributed by atoms with Crippen LogP contribution >= 0.6 is 0 Å². The summed E-state index contributed by atoms with van der Waals surface area (Å²) in [5.41, 5.74) is 1.58. The second-order valence-corrected chi connectivity index (χ2v) is 7.66. The van der Waals surface area contributed by atoms with Crippen molar-refractivity contribution in [1.82, 2.24) is 19.4 Å². The Morgan fingerprint density at radius 2 is 1.97 bits per heavy atom. The van der Waals surface area contributed by atoms with Gasteiger partial charge < -0.3 is 13.9 Å². The van der Waals surface area contributed by atoms with E-state index in [0.717, 1.165) is 24.5 Å². The summed E-state index contributed by atoms with van der Waals surface area (Å²) in [5.74, 6) is 1.41. The zero-order valence-electron chi connectivity index (χ0n) is 17.7. The molecule has 2 aromatic heterocycles. The molecule has 10 nitrogen and oxygen atoms in total. The minimum absolute atomic E-state index is 0.0764. The first-order valence-electron chi connectivity index (χ1n) is 10.0. The lowest BCUT2D eigenvalue weighted by atomic mass is 10.1. The van der Waals surface area contributed by atoms with E-state index >= 15 is 0 Å². The number of piperazine rings is 1. The van der Waals surface area contributed by atoms with E-state index in [1.807, 2.05) is 18.7 Å². The standard InChI is InChI=1S/C21H24N6O4/c1-14-15(2)31-19(23-14)13-25-8-10-26(11-9-25)17-5-4-16(12-18(17)27(29)30)20(28)21-22-6-7-24(21)3/h4-7,12H,8-11,13H2,1-3H3. The number of hydrogen-bond donors (Lipinski definition) is 0. The number of ketones is 1. The van der Waals surface area contributed by atoms with Crippen molar-refractivity contribution in [1.29, 1.82) is 0 Å². The number of hydrogen-bond acceptors (Lipinski definition) is 8. The molecule has 0 bridgehead atoms. The third-order valence-electron chi connectivity index (χ3n) is 5.60. The Morgan fingerprint density at radius 3 is 2.55 bits per heavy atom. The summed E-state index contributed by atoms with van der Waals surface area (Å²) in [6.45, 7) is 7.14. The lowest BCUT2D eigenvalue weighted by Gasteiger charge is -2.35. The molecule has 1 aliphatic rings. The second kappa shape index (κ2) is 8.31. The highest BCUT2D eigenvalue weighted by Gasteiger charge is 2.26. The molecule has 10 heteroatoms. The zero-order chi connectivity index (χ0) is 22.1. The third-order valence-corrected chi connectivity index (χ3v) is 5.60. The predicted molar refractivity (Wildman–Crippen MR) is 113 cm³/mol. The minimum Gasteiger partial charge on any atom is -0.444 e. The zero-order valence-corrected chi connectivity index (χ0v) is 17.7. The van der Waals surface area contributed by atoms with Crippen LogP contribution in [0.15, 0.2) is 35.0 Å². The summed E-state index contributed by atoms with van der Waals surface area (Å²) in [6, 6.07) is 4.63. The smallest absolute Gasteiger partial charge is 0.293 e. The number of carbonyl (C=O) groups excluding carboxylic acids is 1. The Labute approximate surface area is 179 Å². The van der Waals surface area contributed by atoms with E-state index in [4.69, 9.17) is 4.42 Å². The van der Waals surface area contributed by atoms with Crippen molar-refractivity contribution >= 4 is 17.2 Å². The van der Waals surface area contributed by atoms with Gasteiger partial charge in [0.1, 0.15) is 11.4 Å². The van der Waals surface area contributed by atoms with E-state index in [9.17, 15) is 14.9 Å². The van der Waals surface area contributed by atoms with Gasteiger partial charge >= 0.3 is 0 Å². The van der Waals surface area contributed by atoms with Crippen LogP contribution in [0.25, 0.3) is 0 Å². The molecule has 0 atom stereocenters. The molecule has 0 aliphatic carbocycles. The van der Waals surface area contributed by atoms with Gasteiger partial charge in [0.05, 0.1) is 17.2 Å². The maximum Gasteiger partial charge on any atom is 0.293 e. The lowest BCUT2D eigenvalue weighted by Crippen LogP contribution is -2.46. The minimum atomic E-state index is -0.435. The van der Waals surface area contributed by atoms with E-state index in [-0.39, 0.29) is 22.9 Å². The Hall–Kier alpha value is -3.53. The highest BCUT2D eigenvalue weighted by molar-refractivity contribution is 6.07. The lowest BCUT2D eigenvalue weighted by molar-refractivity contribution is -0.384. The molecule has 0 saturated carbocycles. The fourth-order valence-electron chi connectivity index (χ4n) is 3.74. The van der Waals surface area contributed by atoms with Crippen LogP contribution in [-0.2, 0) is 13.6 Å². The molecule has 31 heavy (non-hydrogen) atoms. The van der Waals surface area contributed by atoms with E-state index in [1.165, 1.54) is 12.3 Å². The molecule has 4 rings (SSSR count). The molecule has 1 saturated heterocycles. The van der Waals surface area contributed by atoms with Crippen molar-refractivity contribution in [2.75, 3.05) is 31.1 Å². The van der Waals surface area contributed by atoms with Crippen molar-refractivity contribution in [3.63, 3.8) is 0 Å². The van der Waals surface area contributed by atoms with Crippen LogP contribution in [-0.4, -0.2) is 56.3 Å². The Morgan fingerprint density at radius 1 is 1.23 bits per heavy atom. The summed E-state index contributed by atoms with van der Waals surface area (Å²) >= 11 is 0. The summed E-state index contributed by atoms with van der Waals surface area (Å²) in [4.78, 5) is 36.7. The van der Waals surface area contributed by atoms with Gasteiger partial charge in [0.15, 0.2) is 5.82 Å². The predicted octanol–water partition coefficient (Wildman–Crippen LogP) is 2.49. The van der Waals surface area contributed by atoms with Crippen molar-refractivity contribution in [3.8, 4) is 0 Å². The van der Waals surface area contributed by atoms with Gasteiger partial charge in [-0.3, -0.25) is 19.8 Å². The highest BCUT2D eigenvalue weighted by Crippen LogP contribution is 2.31. The van der Waals surface area contributed by atoms with Gasteiger partial charge in [0, 0.05) is 57.3 Å². The van der Waals surface area contributed by atoms with Gasteiger partial charge in [-0.05, 0) is 26.0 Å². The number of oxazole rings is 1. The normalized spacial score (nSPS) is 14.7. The van der Waals surface area contributed by atoms with E-state index in [2.05, 4.69) is 14.9 Å². The van der Waals surface area contributed by atoms with Gasteiger partial charge in [0.2, 0.25) is 11.7 Å².